The van der Waals surface area contributed by atoms with Gasteiger partial charge in [0.2, 0.25) is 15.9 Å². The van der Waals surface area contributed by atoms with Gasteiger partial charge >= 0.3 is 0 Å². The molecule has 11 heteroatoms. The standard InChI is InChI=1S/C21H20FN3O4S3/c22-16-1-3-17(4-2-16)29-19-13-15(5-7-23-19)14-24-21(26)20-18(6-10-31-20)32(27,28)25-8-11-30-12-9-25/h1-7,10,13H,8-9,11-12,14H2,(H,24,26). The number of hydrogen-bond acceptors (Lipinski definition) is 7. The summed E-state index contributed by atoms with van der Waals surface area (Å²) >= 11 is 2.81. The van der Waals surface area contributed by atoms with Gasteiger partial charge < -0.3 is 10.1 Å². The number of sulfonamides is 1. The third-order valence-corrected chi connectivity index (χ3v) is 8.64. The highest BCUT2D eigenvalue weighted by Crippen LogP contribution is 2.27. The van der Waals surface area contributed by atoms with Crippen LogP contribution in [0, 0.1) is 5.82 Å². The van der Waals surface area contributed by atoms with Gasteiger partial charge in [-0.3, -0.25) is 4.79 Å². The zero-order valence-electron chi connectivity index (χ0n) is 16.9. The molecule has 1 aliphatic heterocycles. The maximum Gasteiger partial charge on any atom is 0.263 e. The van der Waals surface area contributed by atoms with Crippen LogP contribution in [-0.2, 0) is 16.6 Å². The second-order valence-corrected chi connectivity index (χ2v) is 10.9. The molecule has 1 N–H and O–H groups in total. The van der Waals surface area contributed by atoms with Crippen LogP contribution in [0.4, 0.5) is 4.39 Å². The van der Waals surface area contributed by atoms with Crippen LogP contribution in [-0.4, -0.2) is 48.2 Å². The minimum atomic E-state index is -3.71. The van der Waals surface area contributed by atoms with Crippen molar-refractivity contribution in [2.75, 3.05) is 24.6 Å². The smallest absolute Gasteiger partial charge is 0.263 e. The van der Waals surface area contributed by atoms with Gasteiger partial charge in [-0.1, -0.05) is 0 Å². The van der Waals surface area contributed by atoms with Gasteiger partial charge in [0, 0.05) is 43.4 Å². The number of aromatic nitrogens is 1. The number of rotatable bonds is 7. The highest BCUT2D eigenvalue weighted by atomic mass is 32.2. The second kappa shape index (κ2) is 9.99. The minimum Gasteiger partial charge on any atom is -0.439 e. The molecule has 1 fully saturated rings. The monoisotopic (exact) mass is 493 g/mol. The van der Waals surface area contributed by atoms with Crippen LogP contribution in [0.15, 0.2) is 58.9 Å². The number of nitrogens with zero attached hydrogens (tertiary/aromatic N) is 2. The topological polar surface area (TPSA) is 88.6 Å². The Morgan fingerprint density at radius 2 is 1.91 bits per heavy atom. The Labute approximate surface area is 193 Å². The Morgan fingerprint density at radius 3 is 2.66 bits per heavy atom. The Balaban J connectivity index is 1.43. The van der Waals surface area contributed by atoms with Crippen LogP contribution in [0.5, 0.6) is 11.6 Å². The van der Waals surface area contributed by atoms with Crippen molar-refractivity contribution in [3.8, 4) is 11.6 Å². The van der Waals surface area contributed by atoms with E-state index in [4.69, 9.17) is 4.74 Å². The second-order valence-electron chi connectivity index (χ2n) is 6.87. The zero-order chi connectivity index (χ0) is 22.6. The van der Waals surface area contributed by atoms with Gasteiger partial charge in [0.05, 0.1) is 0 Å². The molecular formula is C21H20FN3O4S3. The lowest BCUT2D eigenvalue weighted by Crippen LogP contribution is -2.38. The summed E-state index contributed by atoms with van der Waals surface area (Å²) in [7, 11) is -3.71. The van der Waals surface area contributed by atoms with Gasteiger partial charge in [-0.2, -0.15) is 16.1 Å². The summed E-state index contributed by atoms with van der Waals surface area (Å²) in [5.41, 5.74) is 0.722. The number of carbonyl (C=O) groups excluding carboxylic acids is 1. The molecule has 1 aliphatic rings. The summed E-state index contributed by atoms with van der Waals surface area (Å²) in [5, 5.41) is 4.38. The van der Waals surface area contributed by atoms with Gasteiger partial charge in [-0.25, -0.2) is 17.8 Å². The lowest BCUT2D eigenvalue weighted by molar-refractivity contribution is 0.0951. The fourth-order valence-electron chi connectivity index (χ4n) is 3.09. The summed E-state index contributed by atoms with van der Waals surface area (Å²) in [6.45, 7) is 1.05. The number of thioether (sulfide) groups is 1. The first-order chi connectivity index (χ1) is 15.4. The number of carbonyl (C=O) groups is 1. The molecule has 0 bridgehead atoms. The van der Waals surface area contributed by atoms with E-state index in [0.29, 0.717) is 24.7 Å². The lowest BCUT2D eigenvalue weighted by Gasteiger charge is -2.25. The van der Waals surface area contributed by atoms with Crippen molar-refractivity contribution in [2.45, 2.75) is 11.4 Å². The molecule has 0 atom stereocenters. The van der Waals surface area contributed by atoms with Crippen molar-refractivity contribution in [3.05, 3.63) is 70.3 Å². The van der Waals surface area contributed by atoms with E-state index in [1.54, 1.807) is 29.3 Å². The number of thiophene rings is 1. The summed E-state index contributed by atoms with van der Waals surface area (Å²) in [5.74, 6) is 1.40. The fourth-order valence-corrected chi connectivity index (χ4v) is 6.99. The molecule has 32 heavy (non-hydrogen) atoms. The fraction of sp³-hybridized carbons (Fsp3) is 0.238. The van der Waals surface area contributed by atoms with Crippen molar-refractivity contribution in [3.63, 3.8) is 0 Å². The lowest BCUT2D eigenvalue weighted by atomic mass is 10.2. The zero-order valence-corrected chi connectivity index (χ0v) is 19.3. The van der Waals surface area contributed by atoms with Crippen molar-refractivity contribution >= 4 is 39.0 Å². The Kier molecular flexibility index (Phi) is 7.09. The molecule has 3 heterocycles. The Bertz CT molecular complexity index is 1190. The highest BCUT2D eigenvalue weighted by Gasteiger charge is 2.31. The van der Waals surface area contributed by atoms with Gasteiger partial charge in [0.25, 0.3) is 5.91 Å². The maximum absolute atomic E-state index is 13.0. The Hall–Kier alpha value is -2.47. The number of halogens is 1. The van der Waals surface area contributed by atoms with E-state index in [1.165, 1.54) is 40.8 Å². The van der Waals surface area contributed by atoms with E-state index in [2.05, 4.69) is 10.3 Å². The van der Waals surface area contributed by atoms with E-state index in [0.717, 1.165) is 28.4 Å². The predicted octanol–water partition coefficient (Wildman–Crippen LogP) is 3.74. The van der Waals surface area contributed by atoms with Crippen molar-refractivity contribution in [2.24, 2.45) is 0 Å². The van der Waals surface area contributed by atoms with Crippen LogP contribution in [0.25, 0.3) is 0 Å². The van der Waals surface area contributed by atoms with Crippen LogP contribution in [0.1, 0.15) is 15.2 Å². The van der Waals surface area contributed by atoms with Crippen LogP contribution < -0.4 is 10.1 Å². The molecule has 0 radical (unpaired) electrons. The third kappa shape index (κ3) is 5.29. The predicted molar refractivity (Wildman–Crippen MR) is 122 cm³/mol. The van der Waals surface area contributed by atoms with Crippen LogP contribution in [0.3, 0.4) is 0 Å². The minimum absolute atomic E-state index is 0.0435. The van der Waals surface area contributed by atoms with Gasteiger partial charge in [-0.05, 0) is 47.3 Å². The molecule has 1 aromatic carbocycles. The molecule has 1 amide bonds. The summed E-state index contributed by atoms with van der Waals surface area (Å²) in [6.07, 6.45) is 1.54. The van der Waals surface area contributed by atoms with E-state index >= 15 is 0 Å². The first-order valence-electron chi connectivity index (χ1n) is 9.75. The molecule has 1 saturated heterocycles. The molecular weight excluding hydrogens is 473 g/mol. The average Bonchev–Trinajstić information content (AvgIpc) is 3.31. The van der Waals surface area contributed by atoms with Gasteiger partial charge in [-0.15, -0.1) is 11.3 Å². The number of nitrogens with one attached hydrogen (secondary N) is 1. The largest absolute Gasteiger partial charge is 0.439 e. The molecule has 0 spiro atoms. The first-order valence-corrected chi connectivity index (χ1v) is 13.2. The first kappa shape index (κ1) is 22.7. The highest BCUT2D eigenvalue weighted by molar-refractivity contribution is 7.99. The Morgan fingerprint density at radius 1 is 1.16 bits per heavy atom. The van der Waals surface area contributed by atoms with E-state index in [-0.39, 0.29) is 22.1 Å². The van der Waals surface area contributed by atoms with E-state index < -0.39 is 15.9 Å². The SMILES string of the molecule is O=C(NCc1ccnc(Oc2ccc(F)cc2)c1)c1sccc1S(=O)(=O)N1CCSCC1. The van der Waals surface area contributed by atoms with Crippen molar-refractivity contribution < 1.29 is 22.3 Å². The molecule has 3 aromatic rings. The molecule has 4 rings (SSSR count). The number of ether oxygens (including phenoxy) is 1. The molecule has 7 nitrogen and oxygen atoms in total. The third-order valence-electron chi connectivity index (χ3n) is 4.71. The normalized spacial score (nSPS) is 14.8. The van der Waals surface area contributed by atoms with Crippen LogP contribution >= 0.6 is 23.1 Å². The molecule has 0 unspecified atom stereocenters. The maximum atomic E-state index is 13.0. The number of pyridine rings is 1. The quantitative estimate of drug-likeness (QED) is 0.540. The summed E-state index contributed by atoms with van der Waals surface area (Å²) < 4.78 is 46.0. The van der Waals surface area contributed by atoms with Crippen molar-refractivity contribution in [1.29, 1.82) is 0 Å². The van der Waals surface area contributed by atoms with E-state index in [1.807, 2.05) is 0 Å². The van der Waals surface area contributed by atoms with Gasteiger partial charge in [0.15, 0.2) is 0 Å². The van der Waals surface area contributed by atoms with Crippen LogP contribution in [0.2, 0.25) is 0 Å². The summed E-state index contributed by atoms with van der Waals surface area (Å²) in [6, 6.07) is 10.4. The summed E-state index contributed by atoms with van der Waals surface area (Å²) in [4.78, 5) is 17.1. The van der Waals surface area contributed by atoms with Gasteiger partial charge in [0.1, 0.15) is 21.3 Å². The van der Waals surface area contributed by atoms with E-state index in [9.17, 15) is 17.6 Å². The number of benzene rings is 1. The number of hydrogen-bond donors (Lipinski definition) is 1. The number of amides is 1. The van der Waals surface area contributed by atoms with Crippen molar-refractivity contribution in [1.82, 2.24) is 14.6 Å². The molecule has 0 saturated carbocycles. The molecule has 0 aliphatic carbocycles. The molecule has 2 aromatic heterocycles. The molecule has 168 valence electrons. The average molecular weight is 494 g/mol.